The van der Waals surface area contributed by atoms with E-state index < -0.39 is 21.3 Å². The number of allylic oxidation sites excluding steroid dienone is 4. The molecule has 1 unspecified atom stereocenters. The van der Waals surface area contributed by atoms with Crippen molar-refractivity contribution in [3.8, 4) is 11.1 Å². The molecular formula is C40H40Cl4Zr. The van der Waals surface area contributed by atoms with Crippen molar-refractivity contribution in [2.45, 2.75) is 52.1 Å². The van der Waals surface area contributed by atoms with Gasteiger partial charge in [0.05, 0.1) is 0 Å². The fourth-order valence-corrected chi connectivity index (χ4v) is 17.2. The average molecular weight is 754 g/mol. The number of halogens is 4. The van der Waals surface area contributed by atoms with Gasteiger partial charge in [-0.2, -0.15) is 0 Å². The van der Waals surface area contributed by atoms with E-state index in [-0.39, 0.29) is 30.2 Å². The molecule has 45 heavy (non-hydrogen) atoms. The minimum Gasteiger partial charge on any atom is -1.00 e. The third-order valence-corrected chi connectivity index (χ3v) is 17.9. The molecule has 232 valence electrons. The van der Waals surface area contributed by atoms with E-state index in [0.29, 0.717) is 15.5 Å². The molecule has 0 N–H and O–H groups in total. The molecule has 0 aliphatic heterocycles. The molecule has 0 nitrogen and oxygen atoms in total. The molecule has 0 bridgehead atoms. The van der Waals surface area contributed by atoms with Crippen molar-refractivity contribution in [1.82, 2.24) is 0 Å². The maximum atomic E-state index is 6.76. The minimum absolute atomic E-state index is 0. The number of aryl methyl sites for hydroxylation is 2. The van der Waals surface area contributed by atoms with Gasteiger partial charge in [-0.25, -0.2) is 0 Å². The van der Waals surface area contributed by atoms with Crippen LogP contribution in [0.25, 0.3) is 11.1 Å². The Bertz CT molecular complexity index is 1740. The van der Waals surface area contributed by atoms with Crippen molar-refractivity contribution < 1.29 is 46.1 Å². The van der Waals surface area contributed by atoms with Crippen LogP contribution in [0, 0.1) is 31.1 Å². The number of benzene rings is 4. The van der Waals surface area contributed by atoms with E-state index >= 15 is 0 Å². The monoisotopic (exact) mass is 750 g/mol. The van der Waals surface area contributed by atoms with Gasteiger partial charge >= 0.3 is 278 Å². The molecule has 4 aromatic carbocycles. The third-order valence-electron chi connectivity index (χ3n) is 9.04. The van der Waals surface area contributed by atoms with Gasteiger partial charge in [0.1, 0.15) is 0 Å². The van der Waals surface area contributed by atoms with Crippen molar-refractivity contribution in [2.75, 3.05) is 0 Å². The van der Waals surface area contributed by atoms with Crippen LogP contribution >= 0.6 is 23.2 Å². The van der Waals surface area contributed by atoms with Crippen LogP contribution in [-0.4, -0.2) is 3.21 Å². The zero-order valence-corrected chi connectivity index (χ0v) is 32.5. The molecule has 0 heterocycles. The number of hydrogen-bond acceptors (Lipinski definition) is 0. The first kappa shape index (κ1) is 36.1. The van der Waals surface area contributed by atoms with Gasteiger partial charge in [-0.05, 0) is 0 Å². The standard InChI is InChI=1S/C15H13.C13H8Cl2.C12H19.2ClH.Zr/c1-10-3-5-14-12(7-10)9-13-8-11(2)4-6-15(13)14;14-12-5-1-3-10(8-12)7-11-4-2-6-13(15)9-11;1-9(2)10-6-7-11(8-10)12(3,4)5;;;/h3-9H,1-2H3;1-6,8-9H;7-10H,1-5H3;2*1H;/q;;;;;+2/p-2. The summed E-state index contributed by atoms with van der Waals surface area (Å²) in [5.41, 5.74) is 12.4. The summed E-state index contributed by atoms with van der Waals surface area (Å²) in [6.45, 7) is 16.3. The van der Waals surface area contributed by atoms with Gasteiger partial charge in [-0.15, -0.1) is 0 Å². The SMILES string of the molecule is Cc1ccc2c(c1)[CH]([Zr+2]([C]1=CC(C(C)(C)C)=CC1C(C)C)=[C](c1cccc(Cl)c1)c1cccc(Cl)c1)c1cc(C)ccc1-2.[Cl-].[Cl-]. The predicted molar refractivity (Wildman–Crippen MR) is 183 cm³/mol. The summed E-state index contributed by atoms with van der Waals surface area (Å²) in [6.07, 6.45) is 5.22. The zero-order valence-electron chi connectivity index (χ0n) is 27.0. The van der Waals surface area contributed by atoms with Crippen LogP contribution in [0.15, 0.2) is 106 Å². The summed E-state index contributed by atoms with van der Waals surface area (Å²) >= 11 is 10.5. The molecule has 0 saturated carbocycles. The maximum absolute atomic E-state index is 6.76. The molecule has 2 aliphatic rings. The maximum Gasteiger partial charge on any atom is -1.00 e. The molecule has 0 amide bonds. The normalized spacial score (nSPS) is 15.3. The van der Waals surface area contributed by atoms with Crippen molar-refractivity contribution in [1.29, 1.82) is 0 Å². The Morgan fingerprint density at radius 2 is 1.20 bits per heavy atom. The Kier molecular flexibility index (Phi) is 11.4. The molecule has 2 aliphatic carbocycles. The number of fused-ring (bicyclic) bond motifs is 3. The fourth-order valence-electron chi connectivity index (χ4n) is 6.90. The fraction of sp³-hybridized carbons (Fsp3) is 0.275. The van der Waals surface area contributed by atoms with E-state index in [9.17, 15) is 0 Å². The van der Waals surface area contributed by atoms with E-state index in [0.717, 1.165) is 10.0 Å². The molecule has 0 saturated heterocycles. The summed E-state index contributed by atoms with van der Waals surface area (Å²) < 4.78 is 3.48. The topological polar surface area (TPSA) is 0 Å². The van der Waals surface area contributed by atoms with Crippen LogP contribution < -0.4 is 24.8 Å². The third kappa shape index (κ3) is 7.10. The average Bonchev–Trinajstić information content (AvgIpc) is 3.52. The molecule has 4 aromatic rings. The Balaban J connectivity index is 0.00000230. The van der Waals surface area contributed by atoms with E-state index in [4.69, 9.17) is 23.2 Å². The smallest absolute Gasteiger partial charge is 1.00 e. The molecule has 0 radical (unpaired) electrons. The van der Waals surface area contributed by atoms with Crippen molar-refractivity contribution in [3.05, 3.63) is 149 Å². The Labute approximate surface area is 299 Å². The van der Waals surface area contributed by atoms with Crippen LogP contribution in [-0.2, 0) is 21.3 Å². The van der Waals surface area contributed by atoms with Crippen LogP contribution in [0.2, 0.25) is 10.0 Å². The summed E-state index contributed by atoms with van der Waals surface area (Å²) in [4.78, 5) is 0. The van der Waals surface area contributed by atoms with Crippen molar-refractivity contribution in [2.24, 2.45) is 17.3 Å². The second-order valence-corrected chi connectivity index (χ2v) is 20.6. The molecule has 0 aromatic heterocycles. The van der Waals surface area contributed by atoms with E-state index in [2.05, 4.69) is 133 Å². The summed E-state index contributed by atoms with van der Waals surface area (Å²) in [6, 6.07) is 31.3. The van der Waals surface area contributed by atoms with Gasteiger partial charge in [-0.1, -0.05) is 0 Å². The van der Waals surface area contributed by atoms with Gasteiger partial charge in [0.2, 0.25) is 0 Å². The quantitative estimate of drug-likeness (QED) is 0.245. The first-order chi connectivity index (χ1) is 20.4. The Hall–Kier alpha value is -1.73. The van der Waals surface area contributed by atoms with Gasteiger partial charge in [0, 0.05) is 0 Å². The van der Waals surface area contributed by atoms with E-state index in [1.807, 2.05) is 12.1 Å². The zero-order chi connectivity index (χ0) is 30.6. The second kappa shape index (κ2) is 14.2. The molecular weight excluding hydrogens is 713 g/mol. The predicted octanol–water partition coefficient (Wildman–Crippen LogP) is 5.72. The van der Waals surface area contributed by atoms with Crippen molar-refractivity contribution in [3.63, 3.8) is 0 Å². The van der Waals surface area contributed by atoms with Gasteiger partial charge in [0.15, 0.2) is 0 Å². The molecule has 0 spiro atoms. The summed E-state index contributed by atoms with van der Waals surface area (Å²) in [5.74, 6) is 0.899. The Morgan fingerprint density at radius 1 is 0.711 bits per heavy atom. The van der Waals surface area contributed by atoms with Crippen LogP contribution in [0.5, 0.6) is 0 Å². The van der Waals surface area contributed by atoms with Gasteiger partial charge < -0.3 is 24.8 Å². The number of hydrogen-bond donors (Lipinski definition) is 0. The van der Waals surface area contributed by atoms with Crippen LogP contribution in [0.4, 0.5) is 0 Å². The number of rotatable bonds is 5. The second-order valence-electron chi connectivity index (χ2n) is 13.7. The Morgan fingerprint density at radius 3 is 1.62 bits per heavy atom. The van der Waals surface area contributed by atoms with Crippen LogP contribution in [0.3, 0.4) is 0 Å². The first-order valence-electron chi connectivity index (χ1n) is 15.3. The van der Waals surface area contributed by atoms with E-state index in [1.54, 1.807) is 3.28 Å². The molecule has 0 fully saturated rings. The molecule has 5 heteroatoms. The van der Waals surface area contributed by atoms with Crippen molar-refractivity contribution >= 4 is 26.4 Å². The first-order valence-corrected chi connectivity index (χ1v) is 20.0. The molecule has 1 atom stereocenters. The molecule has 6 rings (SSSR count). The summed E-state index contributed by atoms with van der Waals surface area (Å²) in [5, 5.41) is 1.54. The van der Waals surface area contributed by atoms with E-state index in [1.165, 1.54) is 53.3 Å². The largest absolute Gasteiger partial charge is 1.00 e. The van der Waals surface area contributed by atoms with Crippen LogP contribution in [0.1, 0.15) is 71.6 Å². The minimum atomic E-state index is -2.97. The summed E-state index contributed by atoms with van der Waals surface area (Å²) in [7, 11) is 0. The van der Waals surface area contributed by atoms with Gasteiger partial charge in [0.25, 0.3) is 0 Å². The van der Waals surface area contributed by atoms with Gasteiger partial charge in [-0.3, -0.25) is 0 Å².